The van der Waals surface area contributed by atoms with Gasteiger partial charge in [-0.25, -0.2) is 0 Å². The van der Waals surface area contributed by atoms with Crippen molar-refractivity contribution in [3.8, 4) is 0 Å². The zero-order valence-electron chi connectivity index (χ0n) is 12.5. The van der Waals surface area contributed by atoms with E-state index in [1.165, 1.54) is 16.7 Å². The van der Waals surface area contributed by atoms with E-state index in [1.807, 2.05) is 42.1 Å². The molecular weight excluding hydrogens is 343 g/mol. The number of benzene rings is 3. The minimum Gasteiger partial charge on any atom is -0.144 e. The first-order valence-corrected chi connectivity index (χ1v) is 9.19. The topological polar surface area (TPSA) is 0 Å². The van der Waals surface area contributed by atoms with Crippen molar-refractivity contribution >= 4 is 35.0 Å². The molecule has 0 aliphatic heterocycles. The summed E-state index contributed by atoms with van der Waals surface area (Å²) in [6.45, 7) is 0. The van der Waals surface area contributed by atoms with Gasteiger partial charge in [-0.1, -0.05) is 77.8 Å². The Bertz CT molecular complexity index is 691. The molecule has 0 N–H and O–H groups in total. The van der Waals surface area contributed by atoms with Crippen LogP contribution in [0.5, 0.6) is 0 Å². The van der Waals surface area contributed by atoms with Crippen LogP contribution in [0.15, 0.2) is 78.9 Å². The second-order valence-electron chi connectivity index (χ2n) is 5.28. The molecular formula is C20H16Cl2S. The summed E-state index contributed by atoms with van der Waals surface area (Å²) in [5.74, 6) is 0.955. The van der Waals surface area contributed by atoms with Gasteiger partial charge in [0.15, 0.2) is 0 Å². The zero-order valence-corrected chi connectivity index (χ0v) is 14.8. The van der Waals surface area contributed by atoms with E-state index < -0.39 is 0 Å². The number of hydrogen-bond acceptors (Lipinski definition) is 1. The number of halogens is 2. The highest BCUT2D eigenvalue weighted by atomic mass is 35.5. The zero-order chi connectivity index (χ0) is 16.1. The molecule has 0 spiro atoms. The highest BCUT2D eigenvalue weighted by Gasteiger charge is 2.15. The second kappa shape index (κ2) is 7.92. The van der Waals surface area contributed by atoms with Gasteiger partial charge in [0.25, 0.3) is 0 Å². The Morgan fingerprint density at radius 3 is 1.61 bits per heavy atom. The molecule has 0 aromatic heterocycles. The Kier molecular flexibility index (Phi) is 5.66. The van der Waals surface area contributed by atoms with Crippen molar-refractivity contribution in [3.63, 3.8) is 0 Å². The van der Waals surface area contributed by atoms with Crippen molar-refractivity contribution in [1.82, 2.24) is 0 Å². The maximum Gasteiger partial charge on any atom is 0.0549 e. The van der Waals surface area contributed by atoms with Crippen molar-refractivity contribution in [2.45, 2.75) is 11.0 Å². The van der Waals surface area contributed by atoms with Gasteiger partial charge in [-0.2, -0.15) is 0 Å². The summed E-state index contributed by atoms with van der Waals surface area (Å²) in [5, 5.41) is 1.78. The highest BCUT2D eigenvalue weighted by Crippen LogP contribution is 2.38. The third kappa shape index (κ3) is 4.54. The molecule has 0 aliphatic rings. The maximum atomic E-state index is 6.03. The molecule has 0 radical (unpaired) electrons. The Morgan fingerprint density at radius 2 is 1.13 bits per heavy atom. The molecule has 0 saturated carbocycles. The van der Waals surface area contributed by atoms with Crippen LogP contribution in [0.1, 0.15) is 21.9 Å². The van der Waals surface area contributed by atoms with Crippen LogP contribution in [0.4, 0.5) is 0 Å². The molecule has 116 valence electrons. The van der Waals surface area contributed by atoms with Crippen molar-refractivity contribution in [2.75, 3.05) is 0 Å². The van der Waals surface area contributed by atoms with E-state index in [9.17, 15) is 0 Å². The SMILES string of the molecule is Clc1ccc(C(SCc2ccccc2)c2ccc(Cl)cc2)cc1. The predicted molar refractivity (Wildman–Crippen MR) is 102 cm³/mol. The van der Waals surface area contributed by atoms with E-state index >= 15 is 0 Å². The third-order valence-corrected chi connectivity index (χ3v) is 5.49. The summed E-state index contributed by atoms with van der Waals surface area (Å²) in [6, 6.07) is 26.7. The average Bonchev–Trinajstić information content (AvgIpc) is 2.59. The number of thioether (sulfide) groups is 1. The molecule has 0 aliphatic carbocycles. The average molecular weight is 359 g/mol. The van der Waals surface area contributed by atoms with Crippen LogP contribution in [0.3, 0.4) is 0 Å². The molecule has 3 aromatic rings. The normalized spacial score (nSPS) is 10.9. The fourth-order valence-corrected chi connectivity index (χ4v) is 3.92. The molecule has 0 amide bonds. The first kappa shape index (κ1) is 16.4. The van der Waals surface area contributed by atoms with Crippen LogP contribution in [0.2, 0.25) is 10.0 Å². The highest BCUT2D eigenvalue weighted by molar-refractivity contribution is 7.98. The monoisotopic (exact) mass is 358 g/mol. The van der Waals surface area contributed by atoms with E-state index in [0.717, 1.165) is 15.8 Å². The molecule has 0 nitrogen and oxygen atoms in total. The summed E-state index contributed by atoms with van der Waals surface area (Å²) < 4.78 is 0. The second-order valence-corrected chi connectivity index (χ2v) is 7.25. The van der Waals surface area contributed by atoms with Gasteiger partial charge in [-0.05, 0) is 41.0 Å². The number of hydrogen-bond donors (Lipinski definition) is 0. The van der Waals surface area contributed by atoms with Gasteiger partial charge in [-0.15, -0.1) is 11.8 Å². The van der Waals surface area contributed by atoms with E-state index in [1.54, 1.807) is 0 Å². The maximum absolute atomic E-state index is 6.03. The summed E-state index contributed by atoms with van der Waals surface area (Å²) in [7, 11) is 0. The largest absolute Gasteiger partial charge is 0.144 e. The van der Waals surface area contributed by atoms with E-state index in [4.69, 9.17) is 23.2 Å². The standard InChI is InChI=1S/C20H16Cl2S/c21-18-10-6-16(7-11-18)20(17-8-12-19(22)13-9-17)23-14-15-4-2-1-3-5-15/h1-13,20H,14H2. The lowest BCUT2D eigenvalue weighted by atomic mass is 10.0. The molecule has 0 unspecified atom stereocenters. The van der Waals surface area contributed by atoms with Gasteiger partial charge < -0.3 is 0 Å². The van der Waals surface area contributed by atoms with Crippen LogP contribution in [-0.4, -0.2) is 0 Å². The van der Waals surface area contributed by atoms with Gasteiger partial charge in [0, 0.05) is 15.8 Å². The van der Waals surface area contributed by atoms with Gasteiger partial charge in [0.2, 0.25) is 0 Å². The van der Waals surface area contributed by atoms with E-state index in [2.05, 4.69) is 48.5 Å². The van der Waals surface area contributed by atoms with Gasteiger partial charge in [-0.3, -0.25) is 0 Å². The fraction of sp³-hybridized carbons (Fsp3) is 0.100. The fourth-order valence-electron chi connectivity index (χ4n) is 2.41. The van der Waals surface area contributed by atoms with Crippen LogP contribution in [-0.2, 0) is 5.75 Å². The summed E-state index contributed by atoms with van der Waals surface area (Å²) >= 11 is 14.0. The minimum absolute atomic E-state index is 0.254. The molecule has 3 rings (SSSR count). The molecule has 23 heavy (non-hydrogen) atoms. The van der Waals surface area contributed by atoms with Crippen molar-refractivity contribution in [1.29, 1.82) is 0 Å². The lowest BCUT2D eigenvalue weighted by Crippen LogP contribution is -1.97. The van der Waals surface area contributed by atoms with Gasteiger partial charge >= 0.3 is 0 Å². The lowest BCUT2D eigenvalue weighted by molar-refractivity contribution is 1.15. The van der Waals surface area contributed by atoms with Crippen LogP contribution < -0.4 is 0 Å². The first-order chi connectivity index (χ1) is 11.2. The van der Waals surface area contributed by atoms with Crippen molar-refractivity contribution in [2.24, 2.45) is 0 Å². The lowest BCUT2D eigenvalue weighted by Gasteiger charge is -2.18. The van der Waals surface area contributed by atoms with E-state index in [-0.39, 0.29) is 5.25 Å². The van der Waals surface area contributed by atoms with Crippen molar-refractivity contribution < 1.29 is 0 Å². The Labute approximate surface area is 151 Å². The minimum atomic E-state index is 0.254. The molecule has 3 aromatic carbocycles. The molecule has 0 saturated heterocycles. The van der Waals surface area contributed by atoms with Crippen LogP contribution in [0.25, 0.3) is 0 Å². The third-order valence-electron chi connectivity index (χ3n) is 3.61. The van der Waals surface area contributed by atoms with Crippen LogP contribution in [0, 0.1) is 0 Å². The van der Waals surface area contributed by atoms with E-state index in [0.29, 0.717) is 0 Å². The Hall–Kier alpha value is -1.41. The summed E-state index contributed by atoms with van der Waals surface area (Å²) in [6.07, 6.45) is 0. The van der Waals surface area contributed by atoms with Gasteiger partial charge in [0.05, 0.1) is 5.25 Å². The first-order valence-electron chi connectivity index (χ1n) is 7.39. The Balaban J connectivity index is 1.86. The molecule has 0 fully saturated rings. The molecule has 0 bridgehead atoms. The van der Waals surface area contributed by atoms with Gasteiger partial charge in [0.1, 0.15) is 0 Å². The molecule has 0 atom stereocenters. The molecule has 0 heterocycles. The number of rotatable bonds is 5. The quantitative estimate of drug-likeness (QED) is 0.472. The smallest absolute Gasteiger partial charge is 0.0549 e. The van der Waals surface area contributed by atoms with Crippen molar-refractivity contribution in [3.05, 3.63) is 106 Å². The predicted octanol–water partition coefficient (Wildman–Crippen LogP) is 7.02. The molecule has 3 heteroatoms. The Morgan fingerprint density at radius 1 is 0.652 bits per heavy atom. The summed E-state index contributed by atoms with van der Waals surface area (Å²) in [5.41, 5.74) is 3.82. The summed E-state index contributed by atoms with van der Waals surface area (Å²) in [4.78, 5) is 0. The van der Waals surface area contributed by atoms with Crippen LogP contribution >= 0.6 is 35.0 Å².